The lowest BCUT2D eigenvalue weighted by Gasteiger charge is -2.11. The van der Waals surface area contributed by atoms with Gasteiger partial charge in [0.2, 0.25) is 0 Å². The molecule has 21 heavy (non-hydrogen) atoms. The number of hydrogen-bond donors (Lipinski definition) is 1. The molecule has 1 aromatic heterocycles. The van der Waals surface area contributed by atoms with Crippen molar-refractivity contribution in [2.75, 3.05) is 6.61 Å². The second-order valence-electron chi connectivity index (χ2n) is 4.47. The summed E-state index contributed by atoms with van der Waals surface area (Å²) in [6, 6.07) is 9.84. The second-order valence-corrected chi connectivity index (χ2v) is 4.87. The van der Waals surface area contributed by atoms with Crippen molar-refractivity contribution >= 4 is 17.6 Å². The first-order valence-corrected chi connectivity index (χ1v) is 6.70. The number of pyridine rings is 1. The molecule has 1 N–H and O–H groups in total. The summed E-state index contributed by atoms with van der Waals surface area (Å²) in [5, 5.41) is 21.0. The first kappa shape index (κ1) is 15.3. The molecule has 0 saturated heterocycles. The molecule has 0 spiro atoms. The number of halogens is 1. The Labute approximate surface area is 127 Å². The number of hydrogen-bond acceptors (Lipinski definition) is 4. The van der Waals surface area contributed by atoms with Crippen LogP contribution >= 0.6 is 11.6 Å². The Morgan fingerprint density at radius 3 is 2.57 bits per heavy atom. The van der Waals surface area contributed by atoms with Crippen LogP contribution in [-0.2, 0) is 6.54 Å². The fraction of sp³-hybridized carbons (Fsp3) is 0.200. The van der Waals surface area contributed by atoms with E-state index in [2.05, 4.69) is 0 Å². The fourth-order valence-corrected chi connectivity index (χ4v) is 1.95. The third-order valence-electron chi connectivity index (χ3n) is 2.82. The highest BCUT2D eigenvalue weighted by Gasteiger charge is 2.12. The Kier molecular flexibility index (Phi) is 5.14. The Morgan fingerprint density at radius 2 is 1.95 bits per heavy atom. The van der Waals surface area contributed by atoms with Crippen LogP contribution in [0.1, 0.15) is 10.4 Å². The van der Waals surface area contributed by atoms with Gasteiger partial charge in [-0.15, -0.1) is 0 Å². The number of nitrogens with zero attached hydrogens (tertiary/aromatic N) is 1. The number of rotatable bonds is 6. The standard InChI is InChI=1S/C15H14ClNO4/c16-13-3-1-2-4-14(13)21-10-12(18)9-17-7-5-11(6-8-17)15(19)20/h1-8,12,18H,9-10H2. The number of benzene rings is 1. The summed E-state index contributed by atoms with van der Waals surface area (Å²) < 4.78 is 7.09. The second kappa shape index (κ2) is 7.06. The van der Waals surface area contributed by atoms with Crippen molar-refractivity contribution in [1.29, 1.82) is 0 Å². The molecule has 0 radical (unpaired) electrons. The van der Waals surface area contributed by atoms with Gasteiger partial charge in [0.05, 0.1) is 11.0 Å². The topological polar surface area (TPSA) is 73.5 Å². The van der Waals surface area contributed by atoms with E-state index in [4.69, 9.17) is 16.3 Å². The third-order valence-corrected chi connectivity index (χ3v) is 3.13. The summed E-state index contributed by atoms with van der Waals surface area (Å²) >= 11 is 5.94. The zero-order valence-electron chi connectivity index (χ0n) is 11.1. The van der Waals surface area contributed by atoms with Crippen molar-refractivity contribution in [3.8, 4) is 5.75 Å². The van der Waals surface area contributed by atoms with Crippen LogP contribution in [-0.4, -0.2) is 23.8 Å². The maximum atomic E-state index is 10.6. The van der Waals surface area contributed by atoms with Crippen molar-refractivity contribution in [3.05, 3.63) is 59.4 Å². The van der Waals surface area contributed by atoms with E-state index in [1.54, 1.807) is 41.2 Å². The van der Waals surface area contributed by atoms with Gasteiger partial charge in [-0.1, -0.05) is 23.7 Å². The Morgan fingerprint density at radius 1 is 1.29 bits per heavy atom. The van der Waals surface area contributed by atoms with Gasteiger partial charge in [-0.25, -0.2) is 4.57 Å². The lowest BCUT2D eigenvalue weighted by molar-refractivity contribution is -0.703. The summed E-state index contributed by atoms with van der Waals surface area (Å²) in [5.74, 6) is -0.722. The van der Waals surface area contributed by atoms with Gasteiger partial charge in [0, 0.05) is 17.7 Å². The van der Waals surface area contributed by atoms with Gasteiger partial charge in [0.25, 0.3) is 0 Å². The average Bonchev–Trinajstić information content (AvgIpc) is 2.47. The Bertz CT molecular complexity index is 615. The molecule has 0 amide bonds. The molecule has 0 fully saturated rings. The number of carboxylic acids is 1. The number of ether oxygens (including phenoxy) is 1. The minimum Gasteiger partial charge on any atom is -0.545 e. The normalized spacial score (nSPS) is 11.9. The molecule has 110 valence electrons. The molecule has 5 nitrogen and oxygen atoms in total. The molecule has 0 bridgehead atoms. The molecule has 0 aliphatic carbocycles. The number of aliphatic hydroxyl groups excluding tert-OH is 1. The summed E-state index contributed by atoms with van der Waals surface area (Å²) in [5.41, 5.74) is 0.0908. The summed E-state index contributed by atoms with van der Waals surface area (Å²) in [4.78, 5) is 10.6. The van der Waals surface area contributed by atoms with Crippen LogP contribution in [0, 0.1) is 0 Å². The predicted molar refractivity (Wildman–Crippen MR) is 73.9 cm³/mol. The number of aromatic nitrogens is 1. The minimum absolute atomic E-state index is 0.0823. The van der Waals surface area contributed by atoms with Crippen LogP contribution in [0.15, 0.2) is 48.8 Å². The number of aromatic carboxylic acids is 1. The molecule has 6 heteroatoms. The molecule has 1 atom stereocenters. The summed E-state index contributed by atoms with van der Waals surface area (Å²) in [6.45, 7) is 0.358. The molecule has 2 rings (SSSR count). The van der Waals surface area contributed by atoms with E-state index < -0.39 is 12.1 Å². The molecule has 0 aliphatic rings. The van der Waals surface area contributed by atoms with E-state index in [1.807, 2.05) is 0 Å². The van der Waals surface area contributed by atoms with Crippen molar-refractivity contribution in [2.24, 2.45) is 0 Å². The predicted octanol–water partition coefficient (Wildman–Crippen LogP) is 0.431. The first-order valence-electron chi connectivity index (χ1n) is 6.32. The van der Waals surface area contributed by atoms with Gasteiger partial charge in [0.15, 0.2) is 18.9 Å². The molecule has 2 aromatic rings. The number of carbonyl (C=O) groups excluding carboxylic acids is 1. The van der Waals surface area contributed by atoms with Crippen LogP contribution in [0.2, 0.25) is 5.02 Å². The van der Waals surface area contributed by atoms with E-state index in [0.29, 0.717) is 10.8 Å². The van der Waals surface area contributed by atoms with Gasteiger partial charge < -0.3 is 19.7 Å². The maximum Gasteiger partial charge on any atom is 0.177 e. The quantitative estimate of drug-likeness (QED) is 0.786. The minimum atomic E-state index is -1.23. The molecule has 1 unspecified atom stereocenters. The fourth-order valence-electron chi connectivity index (χ4n) is 1.76. The van der Waals surface area contributed by atoms with Crippen molar-refractivity contribution in [1.82, 2.24) is 0 Å². The van der Waals surface area contributed by atoms with E-state index in [1.165, 1.54) is 12.1 Å². The van der Waals surface area contributed by atoms with Crippen LogP contribution < -0.4 is 14.4 Å². The number of carbonyl (C=O) groups is 1. The molecule has 1 heterocycles. The molecular formula is C15H14ClNO4. The molecule has 1 aromatic carbocycles. The van der Waals surface area contributed by atoms with Crippen LogP contribution in [0.3, 0.4) is 0 Å². The SMILES string of the molecule is O=C([O-])c1cc[n+](CC(O)COc2ccccc2Cl)cc1. The van der Waals surface area contributed by atoms with Gasteiger partial charge in [0.1, 0.15) is 18.5 Å². The monoisotopic (exact) mass is 307 g/mol. The average molecular weight is 308 g/mol. The highest BCUT2D eigenvalue weighted by atomic mass is 35.5. The van der Waals surface area contributed by atoms with E-state index in [0.717, 1.165) is 0 Å². The Balaban J connectivity index is 1.88. The Hall–Kier alpha value is -2.11. The summed E-state index contributed by atoms with van der Waals surface area (Å²) in [6.07, 6.45) is 2.37. The van der Waals surface area contributed by atoms with E-state index in [-0.39, 0.29) is 18.7 Å². The smallest absolute Gasteiger partial charge is 0.177 e. The largest absolute Gasteiger partial charge is 0.545 e. The van der Waals surface area contributed by atoms with Crippen molar-refractivity contribution in [2.45, 2.75) is 12.6 Å². The van der Waals surface area contributed by atoms with E-state index in [9.17, 15) is 15.0 Å². The van der Waals surface area contributed by atoms with Gasteiger partial charge in [-0.2, -0.15) is 0 Å². The first-order chi connectivity index (χ1) is 10.1. The zero-order chi connectivity index (χ0) is 15.2. The summed E-state index contributed by atoms with van der Waals surface area (Å²) in [7, 11) is 0. The van der Waals surface area contributed by atoms with Gasteiger partial charge in [-0.05, 0) is 12.1 Å². The van der Waals surface area contributed by atoms with Crippen LogP contribution in [0.25, 0.3) is 0 Å². The van der Waals surface area contributed by atoms with Gasteiger partial charge >= 0.3 is 0 Å². The van der Waals surface area contributed by atoms with Crippen LogP contribution in [0.5, 0.6) is 5.75 Å². The number of para-hydroxylation sites is 1. The van der Waals surface area contributed by atoms with Crippen molar-refractivity contribution in [3.63, 3.8) is 0 Å². The third kappa shape index (κ3) is 4.44. The van der Waals surface area contributed by atoms with Gasteiger partial charge in [-0.3, -0.25) is 0 Å². The highest BCUT2D eigenvalue weighted by molar-refractivity contribution is 6.32. The number of aliphatic hydroxyl groups is 1. The van der Waals surface area contributed by atoms with Crippen LogP contribution in [0.4, 0.5) is 0 Å². The zero-order valence-corrected chi connectivity index (χ0v) is 11.9. The maximum absolute atomic E-state index is 10.6. The highest BCUT2D eigenvalue weighted by Crippen LogP contribution is 2.23. The van der Waals surface area contributed by atoms with E-state index >= 15 is 0 Å². The van der Waals surface area contributed by atoms with Crippen molar-refractivity contribution < 1.29 is 24.3 Å². The lowest BCUT2D eigenvalue weighted by atomic mass is 10.2. The molecule has 0 aliphatic heterocycles. The lowest BCUT2D eigenvalue weighted by Crippen LogP contribution is -2.41. The molecular weight excluding hydrogens is 294 g/mol. The number of carboxylic acid groups (broad SMARTS) is 1. The molecule has 0 saturated carbocycles.